The number of pyridine rings is 1. The van der Waals surface area contributed by atoms with Gasteiger partial charge in [-0.3, -0.25) is 4.98 Å². The molecule has 1 aromatic heterocycles. The van der Waals surface area contributed by atoms with E-state index in [-0.39, 0.29) is 4.90 Å². The first kappa shape index (κ1) is 15.3. The fourth-order valence-corrected chi connectivity index (χ4v) is 2.53. The van der Waals surface area contributed by atoms with Crippen LogP contribution in [0.5, 0.6) is 0 Å². The average Bonchev–Trinajstić information content (AvgIpc) is 2.44. The molecule has 0 radical (unpaired) electrons. The number of likely N-dealkylation sites (N-methyl/N-ethyl adjacent to an activating group) is 1. The molecule has 0 aliphatic heterocycles. The van der Waals surface area contributed by atoms with Crippen molar-refractivity contribution in [1.29, 1.82) is 0 Å². The topological polar surface area (TPSA) is 102 Å². The van der Waals surface area contributed by atoms with Crippen molar-refractivity contribution in [3.63, 3.8) is 0 Å². The fourth-order valence-electron chi connectivity index (χ4n) is 1.95. The summed E-state index contributed by atoms with van der Waals surface area (Å²) in [4.78, 5) is 6.18. The molecule has 2 rings (SSSR count). The molecule has 0 spiro atoms. The Labute approximate surface area is 124 Å². The summed E-state index contributed by atoms with van der Waals surface area (Å²) in [6, 6.07) is 10.3. The minimum atomic E-state index is -3.77. The standard InChI is InChI=1S/C14H18N4O2S/c1-18(7-5-12-4-2-3-6-17-12)13-8-11(15)9-14(10-13)21(16,19)20/h2-4,6,8-10H,5,7,15H2,1H3,(H2,16,19,20). The number of hydrogen-bond acceptors (Lipinski definition) is 5. The van der Waals surface area contributed by atoms with Gasteiger partial charge in [0.1, 0.15) is 0 Å². The molecule has 6 nitrogen and oxygen atoms in total. The highest BCUT2D eigenvalue weighted by molar-refractivity contribution is 7.89. The van der Waals surface area contributed by atoms with Crippen molar-refractivity contribution < 1.29 is 8.42 Å². The van der Waals surface area contributed by atoms with Crippen LogP contribution in [-0.2, 0) is 16.4 Å². The van der Waals surface area contributed by atoms with E-state index >= 15 is 0 Å². The third-order valence-electron chi connectivity index (χ3n) is 3.11. The maximum Gasteiger partial charge on any atom is 0.238 e. The van der Waals surface area contributed by atoms with Gasteiger partial charge in [0, 0.05) is 43.3 Å². The highest BCUT2D eigenvalue weighted by Crippen LogP contribution is 2.22. The molecule has 0 saturated heterocycles. The predicted octanol–water partition coefficient (Wildman–Crippen LogP) is 0.990. The molecular weight excluding hydrogens is 288 g/mol. The third kappa shape index (κ3) is 4.17. The Morgan fingerprint density at radius 3 is 2.62 bits per heavy atom. The van der Waals surface area contributed by atoms with Crippen molar-refractivity contribution in [2.45, 2.75) is 11.3 Å². The Morgan fingerprint density at radius 1 is 1.24 bits per heavy atom. The van der Waals surface area contributed by atoms with E-state index in [4.69, 9.17) is 10.9 Å². The number of nitrogens with zero attached hydrogens (tertiary/aromatic N) is 2. The van der Waals surface area contributed by atoms with Crippen LogP contribution in [0.3, 0.4) is 0 Å². The smallest absolute Gasteiger partial charge is 0.238 e. The molecule has 112 valence electrons. The fraction of sp³-hybridized carbons (Fsp3) is 0.214. The van der Waals surface area contributed by atoms with Gasteiger partial charge in [0.2, 0.25) is 10.0 Å². The Kier molecular flexibility index (Phi) is 4.44. The molecule has 21 heavy (non-hydrogen) atoms. The maximum atomic E-state index is 11.4. The van der Waals surface area contributed by atoms with Crippen molar-refractivity contribution in [2.24, 2.45) is 5.14 Å². The van der Waals surface area contributed by atoms with Crippen molar-refractivity contribution in [3.05, 3.63) is 48.3 Å². The molecule has 0 aliphatic carbocycles. The van der Waals surface area contributed by atoms with Crippen LogP contribution in [0.4, 0.5) is 11.4 Å². The first-order valence-electron chi connectivity index (χ1n) is 6.40. The molecule has 2 aromatic rings. The zero-order chi connectivity index (χ0) is 15.5. The lowest BCUT2D eigenvalue weighted by atomic mass is 10.2. The first-order valence-corrected chi connectivity index (χ1v) is 7.95. The second kappa shape index (κ2) is 6.11. The van der Waals surface area contributed by atoms with Gasteiger partial charge in [-0.05, 0) is 30.3 Å². The number of sulfonamides is 1. The molecule has 0 aliphatic rings. The number of anilines is 2. The molecule has 0 fully saturated rings. The minimum Gasteiger partial charge on any atom is -0.399 e. The normalized spacial score (nSPS) is 11.3. The van der Waals surface area contributed by atoms with Crippen LogP contribution >= 0.6 is 0 Å². The number of rotatable bonds is 5. The summed E-state index contributed by atoms with van der Waals surface area (Å²) >= 11 is 0. The first-order chi connectivity index (χ1) is 9.86. The lowest BCUT2D eigenvalue weighted by Gasteiger charge is -2.20. The highest BCUT2D eigenvalue weighted by atomic mass is 32.2. The van der Waals surface area contributed by atoms with Crippen LogP contribution in [0.15, 0.2) is 47.5 Å². The summed E-state index contributed by atoms with van der Waals surface area (Å²) in [5, 5.41) is 5.15. The molecule has 0 atom stereocenters. The van der Waals surface area contributed by atoms with E-state index in [0.29, 0.717) is 17.9 Å². The minimum absolute atomic E-state index is 0.0159. The Balaban J connectivity index is 2.16. The maximum absolute atomic E-state index is 11.4. The Hall–Kier alpha value is -2.12. The average molecular weight is 306 g/mol. The largest absolute Gasteiger partial charge is 0.399 e. The van der Waals surface area contributed by atoms with Crippen molar-refractivity contribution in [3.8, 4) is 0 Å². The molecule has 0 bridgehead atoms. The van der Waals surface area contributed by atoms with Crippen LogP contribution in [0, 0.1) is 0 Å². The number of aromatic nitrogens is 1. The molecule has 7 heteroatoms. The number of nitrogen functional groups attached to an aromatic ring is 1. The molecular formula is C14H18N4O2S. The summed E-state index contributed by atoms with van der Waals surface area (Å²) < 4.78 is 22.9. The second-order valence-corrected chi connectivity index (χ2v) is 6.36. The van der Waals surface area contributed by atoms with Crippen LogP contribution in [0.25, 0.3) is 0 Å². The van der Waals surface area contributed by atoms with E-state index < -0.39 is 10.0 Å². The number of nitrogens with two attached hydrogens (primary N) is 2. The van der Waals surface area contributed by atoms with Gasteiger partial charge in [-0.2, -0.15) is 0 Å². The van der Waals surface area contributed by atoms with Crippen LogP contribution < -0.4 is 15.8 Å². The number of benzene rings is 1. The zero-order valence-corrected chi connectivity index (χ0v) is 12.5. The third-order valence-corrected chi connectivity index (χ3v) is 4.01. The lowest BCUT2D eigenvalue weighted by Crippen LogP contribution is -2.21. The molecule has 0 unspecified atom stereocenters. The number of primary sulfonamides is 1. The van der Waals surface area contributed by atoms with Gasteiger partial charge in [-0.25, -0.2) is 13.6 Å². The van der Waals surface area contributed by atoms with Gasteiger partial charge in [0.15, 0.2) is 0 Å². The van der Waals surface area contributed by atoms with E-state index in [0.717, 1.165) is 12.1 Å². The van der Waals surface area contributed by atoms with Gasteiger partial charge in [-0.15, -0.1) is 0 Å². The van der Waals surface area contributed by atoms with Crippen molar-refractivity contribution in [1.82, 2.24) is 4.98 Å². The van der Waals surface area contributed by atoms with Crippen LogP contribution in [0.2, 0.25) is 0 Å². The number of hydrogen-bond donors (Lipinski definition) is 2. The summed E-state index contributed by atoms with van der Waals surface area (Å²) in [5.41, 5.74) is 7.78. The van der Waals surface area contributed by atoms with Gasteiger partial charge in [-0.1, -0.05) is 6.07 Å². The summed E-state index contributed by atoms with van der Waals surface area (Å²) in [6.07, 6.45) is 2.49. The second-order valence-electron chi connectivity index (χ2n) is 4.80. The lowest BCUT2D eigenvalue weighted by molar-refractivity contribution is 0.598. The summed E-state index contributed by atoms with van der Waals surface area (Å²) in [5.74, 6) is 0. The molecule has 0 saturated carbocycles. The van der Waals surface area contributed by atoms with E-state index in [9.17, 15) is 8.42 Å². The molecule has 1 heterocycles. The van der Waals surface area contributed by atoms with Gasteiger partial charge in [0.25, 0.3) is 0 Å². The SMILES string of the molecule is CN(CCc1ccccn1)c1cc(N)cc(S(N)(=O)=O)c1. The van der Waals surface area contributed by atoms with Crippen LogP contribution in [0.1, 0.15) is 5.69 Å². The summed E-state index contributed by atoms with van der Waals surface area (Å²) in [7, 11) is -1.90. The van der Waals surface area contributed by atoms with E-state index in [1.54, 1.807) is 12.3 Å². The van der Waals surface area contributed by atoms with Gasteiger partial charge >= 0.3 is 0 Å². The summed E-state index contributed by atoms with van der Waals surface area (Å²) in [6.45, 7) is 0.685. The zero-order valence-electron chi connectivity index (χ0n) is 11.7. The van der Waals surface area contributed by atoms with Crippen molar-refractivity contribution in [2.75, 3.05) is 24.2 Å². The van der Waals surface area contributed by atoms with Crippen molar-refractivity contribution >= 4 is 21.4 Å². The van der Waals surface area contributed by atoms with E-state index in [1.807, 2.05) is 30.1 Å². The Bertz CT molecular complexity index is 717. The molecule has 1 aromatic carbocycles. The Morgan fingerprint density at radius 2 is 2.00 bits per heavy atom. The quantitative estimate of drug-likeness (QED) is 0.802. The molecule has 0 amide bonds. The monoisotopic (exact) mass is 306 g/mol. The van der Waals surface area contributed by atoms with Gasteiger partial charge < -0.3 is 10.6 Å². The van der Waals surface area contributed by atoms with Gasteiger partial charge in [0.05, 0.1) is 4.90 Å². The van der Waals surface area contributed by atoms with Crippen LogP contribution in [-0.4, -0.2) is 27.0 Å². The van der Waals surface area contributed by atoms with E-state index in [1.165, 1.54) is 12.1 Å². The highest BCUT2D eigenvalue weighted by Gasteiger charge is 2.12. The van der Waals surface area contributed by atoms with E-state index in [2.05, 4.69) is 4.98 Å². The molecule has 4 N–H and O–H groups in total. The predicted molar refractivity (Wildman–Crippen MR) is 83.4 cm³/mol.